The summed E-state index contributed by atoms with van der Waals surface area (Å²) in [6.07, 6.45) is 7.33. The van der Waals surface area contributed by atoms with E-state index in [4.69, 9.17) is 0 Å². The Morgan fingerprint density at radius 3 is 2.47 bits per heavy atom. The average molecular weight is 266 g/mol. The molecule has 2 unspecified atom stereocenters. The minimum Gasteiger partial charge on any atom is -0.480 e. The Bertz CT molecular complexity index is 385. The van der Waals surface area contributed by atoms with Crippen LogP contribution in [0.3, 0.4) is 0 Å². The lowest BCUT2D eigenvalue weighted by molar-refractivity contribution is -0.141. The molecule has 0 spiro atoms. The predicted octanol–water partition coefficient (Wildman–Crippen LogP) is 1.92. The van der Waals surface area contributed by atoms with E-state index in [1.807, 2.05) is 4.90 Å². The molecule has 3 atom stereocenters. The highest BCUT2D eigenvalue weighted by Gasteiger charge is 2.43. The van der Waals surface area contributed by atoms with Gasteiger partial charge in [0.15, 0.2) is 0 Å². The standard InChI is InChI=1S/C14H22N2O3/c17-13(18)12-6-3-8-15(12)14(19)16-9-7-10-4-1-2-5-11(10)16/h10-12H,1-9H2,(H,17,18)/t10?,11?,12-/m1/s1. The van der Waals surface area contributed by atoms with Crippen LogP contribution < -0.4 is 0 Å². The second-order valence-corrected chi connectivity index (χ2v) is 6.07. The summed E-state index contributed by atoms with van der Waals surface area (Å²) in [4.78, 5) is 27.4. The Balaban J connectivity index is 1.71. The molecule has 1 saturated carbocycles. The summed E-state index contributed by atoms with van der Waals surface area (Å²) in [6, 6.07) is -0.259. The van der Waals surface area contributed by atoms with E-state index in [1.54, 1.807) is 4.90 Å². The summed E-state index contributed by atoms with van der Waals surface area (Å²) in [7, 11) is 0. The van der Waals surface area contributed by atoms with E-state index in [1.165, 1.54) is 19.3 Å². The number of carboxylic acid groups (broad SMARTS) is 1. The Hall–Kier alpha value is -1.26. The number of carbonyl (C=O) groups excluding carboxylic acids is 1. The lowest BCUT2D eigenvalue weighted by Crippen LogP contribution is -2.50. The van der Waals surface area contributed by atoms with Crippen LogP contribution in [0.4, 0.5) is 4.79 Å². The van der Waals surface area contributed by atoms with Crippen LogP contribution in [-0.4, -0.2) is 52.1 Å². The number of likely N-dealkylation sites (tertiary alicyclic amines) is 2. The minimum absolute atomic E-state index is 0.0284. The molecular weight excluding hydrogens is 244 g/mol. The second-order valence-electron chi connectivity index (χ2n) is 6.07. The van der Waals surface area contributed by atoms with Crippen LogP contribution in [0.1, 0.15) is 44.9 Å². The van der Waals surface area contributed by atoms with Gasteiger partial charge in [0.2, 0.25) is 0 Å². The number of rotatable bonds is 1. The van der Waals surface area contributed by atoms with E-state index >= 15 is 0 Å². The number of hydrogen-bond donors (Lipinski definition) is 1. The van der Waals surface area contributed by atoms with E-state index in [-0.39, 0.29) is 6.03 Å². The van der Waals surface area contributed by atoms with Crippen molar-refractivity contribution < 1.29 is 14.7 Å². The van der Waals surface area contributed by atoms with Gasteiger partial charge in [-0.3, -0.25) is 0 Å². The van der Waals surface area contributed by atoms with E-state index in [2.05, 4.69) is 0 Å². The van der Waals surface area contributed by atoms with Crippen molar-refractivity contribution in [1.82, 2.24) is 9.80 Å². The molecule has 0 aromatic rings. The van der Waals surface area contributed by atoms with Gasteiger partial charge in [-0.15, -0.1) is 0 Å². The molecule has 2 heterocycles. The number of nitrogens with zero attached hydrogens (tertiary/aromatic N) is 2. The molecule has 0 aromatic heterocycles. The summed E-state index contributed by atoms with van der Waals surface area (Å²) >= 11 is 0. The average Bonchev–Trinajstić information content (AvgIpc) is 3.05. The van der Waals surface area contributed by atoms with Gasteiger partial charge in [0.05, 0.1) is 0 Å². The van der Waals surface area contributed by atoms with Crippen molar-refractivity contribution >= 4 is 12.0 Å². The molecule has 1 aliphatic carbocycles. The Morgan fingerprint density at radius 2 is 1.68 bits per heavy atom. The smallest absolute Gasteiger partial charge is 0.326 e. The Kier molecular flexibility index (Phi) is 3.37. The molecule has 1 N–H and O–H groups in total. The number of hydrogen-bond acceptors (Lipinski definition) is 2. The van der Waals surface area contributed by atoms with E-state index in [0.29, 0.717) is 24.9 Å². The molecule has 19 heavy (non-hydrogen) atoms. The van der Waals surface area contributed by atoms with Gasteiger partial charge in [0.1, 0.15) is 6.04 Å². The van der Waals surface area contributed by atoms with Crippen molar-refractivity contribution in [3.05, 3.63) is 0 Å². The lowest BCUT2D eigenvalue weighted by atomic mass is 9.85. The third-order valence-electron chi connectivity index (χ3n) is 5.04. The number of carbonyl (C=O) groups is 2. The van der Waals surface area contributed by atoms with Crippen LogP contribution in [0.25, 0.3) is 0 Å². The second kappa shape index (κ2) is 5.02. The third kappa shape index (κ3) is 2.19. The highest BCUT2D eigenvalue weighted by atomic mass is 16.4. The van der Waals surface area contributed by atoms with Crippen LogP contribution >= 0.6 is 0 Å². The fraction of sp³-hybridized carbons (Fsp3) is 0.857. The van der Waals surface area contributed by atoms with E-state index in [9.17, 15) is 14.7 Å². The van der Waals surface area contributed by atoms with Crippen molar-refractivity contribution in [2.24, 2.45) is 5.92 Å². The van der Waals surface area contributed by atoms with Gasteiger partial charge in [0.25, 0.3) is 0 Å². The number of carboxylic acids is 1. The molecule has 0 aromatic carbocycles. The molecule has 0 radical (unpaired) electrons. The molecule has 0 bridgehead atoms. The van der Waals surface area contributed by atoms with Crippen LogP contribution in [0, 0.1) is 5.92 Å². The minimum atomic E-state index is -0.856. The van der Waals surface area contributed by atoms with Gasteiger partial charge in [-0.25, -0.2) is 9.59 Å². The van der Waals surface area contributed by atoms with Crippen LogP contribution in [0.15, 0.2) is 0 Å². The number of amides is 2. The maximum atomic E-state index is 12.6. The highest BCUT2D eigenvalue weighted by molar-refractivity contribution is 5.83. The molecule has 3 fully saturated rings. The van der Waals surface area contributed by atoms with Crippen LogP contribution in [0.5, 0.6) is 0 Å². The van der Waals surface area contributed by atoms with E-state index < -0.39 is 12.0 Å². The summed E-state index contributed by atoms with van der Waals surface area (Å²) in [5.41, 5.74) is 0. The first kappa shape index (κ1) is 12.8. The summed E-state index contributed by atoms with van der Waals surface area (Å²) in [5, 5.41) is 9.20. The van der Waals surface area contributed by atoms with Gasteiger partial charge in [-0.05, 0) is 38.0 Å². The Labute approximate surface area is 113 Å². The quantitative estimate of drug-likeness (QED) is 0.788. The molecule has 106 valence electrons. The highest BCUT2D eigenvalue weighted by Crippen LogP contribution is 2.37. The first-order chi connectivity index (χ1) is 9.18. The first-order valence-electron chi connectivity index (χ1n) is 7.48. The van der Waals surface area contributed by atoms with Crippen molar-refractivity contribution in [3.63, 3.8) is 0 Å². The fourth-order valence-corrected chi connectivity index (χ4v) is 4.06. The third-order valence-corrected chi connectivity index (χ3v) is 5.04. The van der Waals surface area contributed by atoms with Gasteiger partial charge < -0.3 is 14.9 Å². The normalized spacial score (nSPS) is 34.4. The molecule has 2 saturated heterocycles. The van der Waals surface area contributed by atoms with Crippen LogP contribution in [-0.2, 0) is 4.79 Å². The summed E-state index contributed by atoms with van der Waals surface area (Å²) in [6.45, 7) is 1.42. The Morgan fingerprint density at radius 1 is 0.895 bits per heavy atom. The summed E-state index contributed by atoms with van der Waals surface area (Å²) < 4.78 is 0. The molecule has 3 rings (SSSR count). The predicted molar refractivity (Wildman–Crippen MR) is 69.8 cm³/mol. The van der Waals surface area contributed by atoms with Gasteiger partial charge in [-0.1, -0.05) is 12.8 Å². The van der Waals surface area contributed by atoms with Gasteiger partial charge in [0, 0.05) is 19.1 Å². The van der Waals surface area contributed by atoms with Crippen molar-refractivity contribution in [2.75, 3.05) is 13.1 Å². The topological polar surface area (TPSA) is 60.9 Å². The first-order valence-corrected chi connectivity index (χ1v) is 7.48. The zero-order chi connectivity index (χ0) is 13.4. The maximum Gasteiger partial charge on any atom is 0.326 e. The summed E-state index contributed by atoms with van der Waals surface area (Å²) in [5.74, 6) is -0.200. The lowest BCUT2D eigenvalue weighted by Gasteiger charge is -2.35. The van der Waals surface area contributed by atoms with Crippen LogP contribution in [0.2, 0.25) is 0 Å². The van der Waals surface area contributed by atoms with Gasteiger partial charge >= 0.3 is 12.0 Å². The zero-order valence-corrected chi connectivity index (χ0v) is 11.3. The molecule has 2 amide bonds. The number of fused-ring (bicyclic) bond motifs is 1. The van der Waals surface area contributed by atoms with Crippen molar-refractivity contribution in [1.29, 1.82) is 0 Å². The van der Waals surface area contributed by atoms with Gasteiger partial charge in [-0.2, -0.15) is 0 Å². The van der Waals surface area contributed by atoms with E-state index in [0.717, 1.165) is 25.8 Å². The molecule has 2 aliphatic heterocycles. The molecule has 5 nitrogen and oxygen atoms in total. The zero-order valence-electron chi connectivity index (χ0n) is 11.3. The molecular formula is C14H22N2O3. The fourth-order valence-electron chi connectivity index (χ4n) is 4.06. The molecule has 5 heteroatoms. The SMILES string of the molecule is O=C(O)[C@H]1CCCN1C(=O)N1CCC2CCCCC21. The van der Waals surface area contributed by atoms with Crippen molar-refractivity contribution in [3.8, 4) is 0 Å². The number of urea groups is 1. The number of aliphatic carboxylic acids is 1. The monoisotopic (exact) mass is 266 g/mol. The molecule has 3 aliphatic rings. The maximum absolute atomic E-state index is 12.6. The largest absolute Gasteiger partial charge is 0.480 e. The van der Waals surface area contributed by atoms with Crippen molar-refractivity contribution in [2.45, 2.75) is 57.0 Å².